The number of aromatic nitrogens is 1. The van der Waals surface area contributed by atoms with Crippen molar-refractivity contribution in [3.63, 3.8) is 0 Å². The number of rotatable bonds is 0. The van der Waals surface area contributed by atoms with E-state index in [9.17, 15) is 0 Å². The molecule has 0 aromatic carbocycles. The summed E-state index contributed by atoms with van der Waals surface area (Å²) < 4.78 is 5.48. The van der Waals surface area contributed by atoms with Gasteiger partial charge in [-0.15, -0.1) is 0 Å². The second-order valence-corrected chi connectivity index (χ2v) is 4.89. The Kier molecular flexibility index (Phi) is 2.22. The number of fused-ring (bicyclic) bond motifs is 1. The topological polar surface area (TPSA) is 22.1 Å². The average Bonchev–Trinajstić information content (AvgIpc) is 2.16. The Bertz CT molecular complexity index is 339. The van der Waals surface area contributed by atoms with Crippen molar-refractivity contribution in [3.8, 4) is 5.88 Å². The van der Waals surface area contributed by atoms with E-state index in [1.54, 1.807) is 0 Å². The Labute approximate surface area is 85.3 Å². The summed E-state index contributed by atoms with van der Waals surface area (Å²) in [5.74, 6) is 0.837. The van der Waals surface area contributed by atoms with Gasteiger partial charge in [0.25, 0.3) is 0 Å². The lowest BCUT2D eigenvalue weighted by Crippen LogP contribution is -2.15. The molecule has 2 nitrogen and oxygen atoms in total. The van der Waals surface area contributed by atoms with Gasteiger partial charge < -0.3 is 4.74 Å². The Morgan fingerprint density at radius 2 is 2.14 bits per heavy atom. The van der Waals surface area contributed by atoms with Crippen molar-refractivity contribution in [2.45, 2.75) is 39.0 Å². The molecule has 0 radical (unpaired) electrons. The predicted molar refractivity (Wildman–Crippen MR) is 56.8 cm³/mol. The van der Waals surface area contributed by atoms with Crippen molar-refractivity contribution in [2.24, 2.45) is 0 Å². The first-order valence-corrected chi connectivity index (χ1v) is 5.19. The van der Waals surface area contributed by atoms with E-state index in [1.165, 1.54) is 11.1 Å². The third kappa shape index (κ3) is 1.74. The normalized spacial score (nSPS) is 15.9. The van der Waals surface area contributed by atoms with Crippen molar-refractivity contribution in [3.05, 3.63) is 23.4 Å². The van der Waals surface area contributed by atoms with Crippen LogP contribution in [0.4, 0.5) is 0 Å². The monoisotopic (exact) mass is 191 g/mol. The molecule has 1 aromatic rings. The van der Waals surface area contributed by atoms with Crippen LogP contribution in [0.5, 0.6) is 5.88 Å². The van der Waals surface area contributed by atoms with Gasteiger partial charge in [-0.1, -0.05) is 20.8 Å². The molecule has 1 aliphatic rings. The van der Waals surface area contributed by atoms with Crippen LogP contribution in [0.3, 0.4) is 0 Å². The molecule has 0 saturated carbocycles. The second-order valence-electron chi connectivity index (χ2n) is 4.89. The highest BCUT2D eigenvalue weighted by atomic mass is 16.5. The van der Waals surface area contributed by atoms with E-state index in [0.717, 1.165) is 25.3 Å². The molecule has 0 spiro atoms. The summed E-state index contributed by atoms with van der Waals surface area (Å²) in [6.45, 7) is 7.44. The average molecular weight is 191 g/mol. The zero-order chi connectivity index (χ0) is 10.2. The fraction of sp³-hybridized carbons (Fsp3) is 0.583. The molecule has 0 amide bonds. The Morgan fingerprint density at radius 3 is 2.86 bits per heavy atom. The van der Waals surface area contributed by atoms with E-state index in [0.29, 0.717) is 0 Å². The summed E-state index contributed by atoms with van der Waals surface area (Å²) in [5, 5.41) is 0. The lowest BCUT2D eigenvalue weighted by Gasteiger charge is -2.22. The Balaban J connectivity index is 2.39. The van der Waals surface area contributed by atoms with Crippen LogP contribution in [0.1, 0.15) is 38.3 Å². The maximum atomic E-state index is 5.48. The van der Waals surface area contributed by atoms with E-state index < -0.39 is 0 Å². The number of hydrogen-bond donors (Lipinski definition) is 0. The van der Waals surface area contributed by atoms with Gasteiger partial charge in [-0.2, -0.15) is 0 Å². The first-order chi connectivity index (χ1) is 6.57. The lowest BCUT2D eigenvalue weighted by atomic mass is 9.87. The summed E-state index contributed by atoms with van der Waals surface area (Å²) >= 11 is 0. The minimum atomic E-state index is 0.180. The van der Waals surface area contributed by atoms with Gasteiger partial charge in [-0.25, -0.2) is 4.98 Å². The van der Waals surface area contributed by atoms with Crippen molar-refractivity contribution >= 4 is 0 Å². The molecule has 0 fully saturated rings. The van der Waals surface area contributed by atoms with Gasteiger partial charge in [0.2, 0.25) is 5.88 Å². The summed E-state index contributed by atoms with van der Waals surface area (Å²) in [7, 11) is 0. The number of hydrogen-bond acceptors (Lipinski definition) is 2. The molecule has 0 atom stereocenters. The smallest absolute Gasteiger partial charge is 0.216 e. The van der Waals surface area contributed by atoms with Gasteiger partial charge >= 0.3 is 0 Å². The van der Waals surface area contributed by atoms with Crippen LogP contribution in [-0.2, 0) is 11.8 Å². The van der Waals surface area contributed by atoms with Crippen LogP contribution in [-0.4, -0.2) is 11.6 Å². The molecule has 14 heavy (non-hydrogen) atoms. The molecular weight excluding hydrogens is 174 g/mol. The highest BCUT2D eigenvalue weighted by Crippen LogP contribution is 2.28. The molecular formula is C12H17NO. The SMILES string of the molecule is CC(C)(C)c1cnc2c(c1)CCCO2. The molecule has 76 valence electrons. The quantitative estimate of drug-likeness (QED) is 0.629. The largest absolute Gasteiger partial charge is 0.477 e. The molecule has 0 aliphatic carbocycles. The number of nitrogens with zero attached hydrogens (tertiary/aromatic N) is 1. The van der Waals surface area contributed by atoms with Crippen molar-refractivity contribution in [2.75, 3.05) is 6.61 Å². The molecule has 0 saturated heterocycles. The number of pyridine rings is 1. The summed E-state index contributed by atoms with van der Waals surface area (Å²) in [5.41, 5.74) is 2.74. The molecule has 2 heteroatoms. The van der Waals surface area contributed by atoms with Crippen LogP contribution in [0.25, 0.3) is 0 Å². The van der Waals surface area contributed by atoms with Crippen molar-refractivity contribution < 1.29 is 4.74 Å². The van der Waals surface area contributed by atoms with E-state index in [-0.39, 0.29) is 5.41 Å². The predicted octanol–water partition coefficient (Wildman–Crippen LogP) is 2.70. The van der Waals surface area contributed by atoms with Gasteiger partial charge in [0.1, 0.15) is 0 Å². The summed E-state index contributed by atoms with van der Waals surface area (Å²) in [6.07, 6.45) is 4.15. The molecule has 1 aromatic heterocycles. The molecule has 1 aliphatic heterocycles. The highest BCUT2D eigenvalue weighted by molar-refractivity contribution is 5.34. The molecule has 2 rings (SSSR count). The minimum absolute atomic E-state index is 0.180. The van der Waals surface area contributed by atoms with Crippen LogP contribution < -0.4 is 4.74 Å². The first-order valence-electron chi connectivity index (χ1n) is 5.19. The zero-order valence-corrected chi connectivity index (χ0v) is 9.13. The highest BCUT2D eigenvalue weighted by Gasteiger charge is 2.18. The Hall–Kier alpha value is -1.05. The second kappa shape index (κ2) is 3.26. The molecule has 0 unspecified atom stereocenters. The fourth-order valence-corrected chi connectivity index (χ4v) is 1.65. The zero-order valence-electron chi connectivity index (χ0n) is 9.13. The van der Waals surface area contributed by atoms with E-state index >= 15 is 0 Å². The van der Waals surface area contributed by atoms with Gasteiger partial charge in [-0.05, 0) is 29.9 Å². The van der Waals surface area contributed by atoms with Crippen LogP contribution >= 0.6 is 0 Å². The third-order valence-electron chi connectivity index (χ3n) is 2.62. The van der Waals surface area contributed by atoms with Crippen molar-refractivity contribution in [1.29, 1.82) is 0 Å². The van der Waals surface area contributed by atoms with E-state index in [1.807, 2.05) is 6.20 Å². The minimum Gasteiger partial charge on any atom is -0.477 e. The van der Waals surface area contributed by atoms with E-state index in [2.05, 4.69) is 31.8 Å². The molecule has 0 bridgehead atoms. The summed E-state index contributed by atoms with van der Waals surface area (Å²) in [4.78, 5) is 4.36. The lowest BCUT2D eigenvalue weighted by molar-refractivity contribution is 0.275. The standard InChI is InChI=1S/C12H17NO/c1-12(2,3)10-7-9-5-4-6-14-11(9)13-8-10/h7-8H,4-6H2,1-3H3. The molecule has 0 N–H and O–H groups in total. The first kappa shape index (κ1) is 9.50. The van der Waals surface area contributed by atoms with Gasteiger partial charge in [0, 0.05) is 11.8 Å². The van der Waals surface area contributed by atoms with Crippen LogP contribution in [0.2, 0.25) is 0 Å². The maximum Gasteiger partial charge on any atom is 0.216 e. The van der Waals surface area contributed by atoms with Gasteiger partial charge in [0.15, 0.2) is 0 Å². The maximum absolute atomic E-state index is 5.48. The number of aryl methyl sites for hydroxylation is 1. The van der Waals surface area contributed by atoms with Crippen LogP contribution in [0.15, 0.2) is 12.3 Å². The number of ether oxygens (including phenoxy) is 1. The van der Waals surface area contributed by atoms with Gasteiger partial charge in [0.05, 0.1) is 6.61 Å². The Morgan fingerprint density at radius 1 is 1.36 bits per heavy atom. The molecule has 2 heterocycles. The van der Waals surface area contributed by atoms with Gasteiger partial charge in [-0.3, -0.25) is 0 Å². The fourth-order valence-electron chi connectivity index (χ4n) is 1.65. The third-order valence-corrected chi connectivity index (χ3v) is 2.62. The van der Waals surface area contributed by atoms with Crippen molar-refractivity contribution in [1.82, 2.24) is 4.98 Å². The summed E-state index contributed by atoms with van der Waals surface area (Å²) in [6, 6.07) is 2.24. The van der Waals surface area contributed by atoms with E-state index in [4.69, 9.17) is 4.74 Å². The van der Waals surface area contributed by atoms with Crippen LogP contribution in [0, 0.1) is 0 Å².